The maximum atomic E-state index is 6.03. The zero-order chi connectivity index (χ0) is 17.0. The van der Waals surface area contributed by atoms with E-state index in [2.05, 4.69) is 20.1 Å². The number of rotatable bonds is 2. The van der Waals surface area contributed by atoms with Crippen LogP contribution in [0.15, 0.2) is 51.4 Å². The minimum absolute atomic E-state index is 0.416. The van der Waals surface area contributed by atoms with Gasteiger partial charge in [0.2, 0.25) is 5.82 Å². The zero-order valence-corrected chi connectivity index (χ0v) is 13.8. The van der Waals surface area contributed by atoms with Crippen LogP contribution < -0.4 is 0 Å². The quantitative estimate of drug-likeness (QED) is 0.485. The standard InChI is InChI=1S/C18H11ClN4O2/c1-9-20-14-7-10(2-5-16(14)24-9)17-22-18(25-23-17)15-8-11-6-12(19)3-4-13(11)21-15/h2-8,21H,1H3. The maximum absolute atomic E-state index is 6.03. The molecule has 3 heterocycles. The number of halogens is 1. The van der Waals surface area contributed by atoms with Crippen molar-refractivity contribution in [3.63, 3.8) is 0 Å². The molecular weight excluding hydrogens is 340 g/mol. The smallest absolute Gasteiger partial charge is 0.274 e. The lowest BCUT2D eigenvalue weighted by Gasteiger charge is -1.92. The predicted octanol–water partition coefficient (Wildman–Crippen LogP) is 4.99. The van der Waals surface area contributed by atoms with E-state index in [9.17, 15) is 0 Å². The number of nitrogens with one attached hydrogen (secondary N) is 1. The molecule has 6 nitrogen and oxygen atoms in total. The van der Waals surface area contributed by atoms with Crippen LogP contribution in [0.3, 0.4) is 0 Å². The first-order valence-corrected chi connectivity index (χ1v) is 8.03. The summed E-state index contributed by atoms with van der Waals surface area (Å²) in [6, 6.07) is 13.2. The molecule has 1 N–H and O–H groups in total. The minimum Gasteiger partial charge on any atom is -0.441 e. The normalized spacial score (nSPS) is 11.6. The molecule has 0 amide bonds. The molecule has 0 saturated heterocycles. The average molecular weight is 351 g/mol. The van der Waals surface area contributed by atoms with Gasteiger partial charge in [0.15, 0.2) is 11.5 Å². The molecule has 0 aliphatic carbocycles. The summed E-state index contributed by atoms with van der Waals surface area (Å²) in [5.41, 5.74) is 4.02. The molecule has 0 radical (unpaired) electrons. The highest BCUT2D eigenvalue weighted by atomic mass is 35.5. The van der Waals surface area contributed by atoms with Gasteiger partial charge in [0.25, 0.3) is 5.89 Å². The summed E-state index contributed by atoms with van der Waals surface area (Å²) in [6.45, 7) is 1.81. The topological polar surface area (TPSA) is 80.7 Å². The Bertz CT molecular complexity index is 1220. The molecule has 2 aromatic carbocycles. The van der Waals surface area contributed by atoms with Gasteiger partial charge in [0, 0.05) is 28.4 Å². The van der Waals surface area contributed by atoms with Crippen LogP contribution in [0.25, 0.3) is 45.0 Å². The van der Waals surface area contributed by atoms with Gasteiger partial charge in [-0.3, -0.25) is 0 Å². The number of hydrogen-bond donors (Lipinski definition) is 1. The van der Waals surface area contributed by atoms with E-state index >= 15 is 0 Å². The van der Waals surface area contributed by atoms with Crippen molar-refractivity contribution >= 4 is 33.6 Å². The number of aromatic amines is 1. The number of nitrogens with zero attached hydrogens (tertiary/aromatic N) is 3. The second kappa shape index (κ2) is 5.19. The highest BCUT2D eigenvalue weighted by Crippen LogP contribution is 2.28. The van der Waals surface area contributed by atoms with Gasteiger partial charge in [-0.2, -0.15) is 4.98 Å². The van der Waals surface area contributed by atoms with Gasteiger partial charge in [0.1, 0.15) is 11.2 Å². The Morgan fingerprint density at radius 3 is 2.88 bits per heavy atom. The van der Waals surface area contributed by atoms with Crippen LogP contribution in [-0.4, -0.2) is 20.1 Å². The Morgan fingerprint density at radius 2 is 1.96 bits per heavy atom. The van der Waals surface area contributed by atoms with Gasteiger partial charge in [-0.25, -0.2) is 4.98 Å². The Balaban J connectivity index is 1.56. The van der Waals surface area contributed by atoms with Crippen LogP contribution in [-0.2, 0) is 0 Å². The van der Waals surface area contributed by atoms with E-state index in [0.717, 1.165) is 33.3 Å². The first-order valence-electron chi connectivity index (χ1n) is 7.66. The van der Waals surface area contributed by atoms with E-state index in [1.165, 1.54) is 0 Å². The van der Waals surface area contributed by atoms with Crippen LogP contribution in [0.4, 0.5) is 0 Å². The van der Waals surface area contributed by atoms with Crippen molar-refractivity contribution in [3.05, 3.63) is 53.4 Å². The highest BCUT2D eigenvalue weighted by molar-refractivity contribution is 6.31. The highest BCUT2D eigenvalue weighted by Gasteiger charge is 2.14. The van der Waals surface area contributed by atoms with E-state index in [-0.39, 0.29) is 0 Å². The Hall–Kier alpha value is -3.12. The van der Waals surface area contributed by atoms with Crippen molar-refractivity contribution in [1.82, 2.24) is 20.1 Å². The average Bonchev–Trinajstić information content (AvgIpc) is 3.29. The molecule has 0 aliphatic rings. The summed E-state index contributed by atoms with van der Waals surface area (Å²) in [4.78, 5) is 12.1. The van der Waals surface area contributed by atoms with Gasteiger partial charge < -0.3 is 13.9 Å². The molecule has 0 bridgehead atoms. The van der Waals surface area contributed by atoms with Crippen LogP contribution in [0.5, 0.6) is 0 Å². The SMILES string of the molecule is Cc1nc2cc(-c3noc(-c4cc5cc(Cl)ccc5[nH]4)n3)ccc2o1. The molecule has 0 aliphatic heterocycles. The van der Waals surface area contributed by atoms with Crippen LogP contribution >= 0.6 is 11.6 Å². The third-order valence-corrected chi connectivity index (χ3v) is 4.23. The van der Waals surface area contributed by atoms with E-state index in [4.69, 9.17) is 20.5 Å². The van der Waals surface area contributed by atoms with Crippen molar-refractivity contribution in [1.29, 1.82) is 0 Å². The number of fused-ring (bicyclic) bond motifs is 2. The zero-order valence-electron chi connectivity index (χ0n) is 13.1. The number of benzene rings is 2. The van der Waals surface area contributed by atoms with Crippen molar-refractivity contribution < 1.29 is 8.94 Å². The monoisotopic (exact) mass is 350 g/mol. The summed E-state index contributed by atoms with van der Waals surface area (Å²) in [7, 11) is 0. The summed E-state index contributed by atoms with van der Waals surface area (Å²) >= 11 is 6.03. The summed E-state index contributed by atoms with van der Waals surface area (Å²) < 4.78 is 10.9. The van der Waals surface area contributed by atoms with Crippen molar-refractivity contribution in [3.8, 4) is 23.0 Å². The first-order chi connectivity index (χ1) is 12.2. The van der Waals surface area contributed by atoms with Crippen LogP contribution in [0.1, 0.15) is 5.89 Å². The minimum atomic E-state index is 0.416. The third kappa shape index (κ3) is 2.38. The Labute approximate surface area is 146 Å². The fourth-order valence-electron chi connectivity index (χ4n) is 2.85. The second-order valence-electron chi connectivity index (χ2n) is 5.75. The first kappa shape index (κ1) is 14.2. The van der Waals surface area contributed by atoms with Gasteiger partial charge in [-0.15, -0.1) is 0 Å². The summed E-state index contributed by atoms with van der Waals surface area (Å²) in [6.07, 6.45) is 0. The van der Waals surface area contributed by atoms with Gasteiger partial charge >= 0.3 is 0 Å². The van der Waals surface area contributed by atoms with Gasteiger partial charge in [-0.1, -0.05) is 16.8 Å². The van der Waals surface area contributed by atoms with Crippen LogP contribution in [0, 0.1) is 6.92 Å². The number of aromatic nitrogens is 4. The molecule has 122 valence electrons. The van der Waals surface area contributed by atoms with Gasteiger partial charge in [-0.05, 0) is 42.5 Å². The lowest BCUT2D eigenvalue weighted by Crippen LogP contribution is -1.81. The third-order valence-electron chi connectivity index (χ3n) is 3.99. The second-order valence-corrected chi connectivity index (χ2v) is 6.19. The number of aryl methyl sites for hydroxylation is 1. The summed E-state index contributed by atoms with van der Waals surface area (Å²) in [5.74, 6) is 1.53. The Kier molecular flexibility index (Phi) is 2.96. The molecule has 5 aromatic rings. The van der Waals surface area contributed by atoms with Gasteiger partial charge in [0.05, 0.1) is 0 Å². The van der Waals surface area contributed by atoms with E-state index in [1.807, 2.05) is 49.4 Å². The van der Waals surface area contributed by atoms with Crippen molar-refractivity contribution in [2.24, 2.45) is 0 Å². The molecule has 7 heteroatoms. The fourth-order valence-corrected chi connectivity index (χ4v) is 3.03. The maximum Gasteiger partial charge on any atom is 0.274 e. The number of H-pyrrole nitrogens is 1. The van der Waals surface area contributed by atoms with Crippen molar-refractivity contribution in [2.75, 3.05) is 0 Å². The fraction of sp³-hybridized carbons (Fsp3) is 0.0556. The molecule has 0 fully saturated rings. The van der Waals surface area contributed by atoms with Crippen molar-refractivity contribution in [2.45, 2.75) is 6.92 Å². The van der Waals surface area contributed by atoms with E-state index in [1.54, 1.807) is 0 Å². The van der Waals surface area contributed by atoms with E-state index < -0.39 is 0 Å². The Morgan fingerprint density at radius 1 is 1.04 bits per heavy atom. The molecule has 3 aromatic heterocycles. The predicted molar refractivity (Wildman–Crippen MR) is 94.3 cm³/mol. The molecule has 25 heavy (non-hydrogen) atoms. The molecule has 0 atom stereocenters. The number of oxazole rings is 1. The molecule has 0 spiro atoms. The molecule has 5 rings (SSSR count). The largest absolute Gasteiger partial charge is 0.441 e. The molecular formula is C18H11ClN4O2. The van der Waals surface area contributed by atoms with Crippen LogP contribution in [0.2, 0.25) is 5.02 Å². The number of hydrogen-bond acceptors (Lipinski definition) is 5. The lowest BCUT2D eigenvalue weighted by molar-refractivity contribution is 0.431. The molecule has 0 unspecified atom stereocenters. The molecule has 0 saturated carbocycles. The summed E-state index contributed by atoms with van der Waals surface area (Å²) in [5, 5.41) is 5.74. The van der Waals surface area contributed by atoms with E-state index in [0.29, 0.717) is 22.6 Å². The lowest BCUT2D eigenvalue weighted by atomic mass is 10.2.